The predicted molar refractivity (Wildman–Crippen MR) is 115 cm³/mol. The molecular weight excluding hydrogens is 518 g/mol. The summed E-state index contributed by atoms with van der Waals surface area (Å²) < 4.78 is 40.9. The van der Waals surface area contributed by atoms with E-state index in [1.807, 2.05) is 6.92 Å². The molecule has 0 saturated carbocycles. The van der Waals surface area contributed by atoms with Gasteiger partial charge in [0, 0.05) is 19.6 Å². The monoisotopic (exact) mass is 543 g/mol. The van der Waals surface area contributed by atoms with Gasteiger partial charge in [0.15, 0.2) is 5.96 Å². The van der Waals surface area contributed by atoms with Gasteiger partial charge >= 0.3 is 12.2 Å². The number of alkyl halides is 3. The number of halogens is 4. The zero-order chi connectivity index (χ0) is 21.3. The van der Waals surface area contributed by atoms with Crippen molar-refractivity contribution in [2.75, 3.05) is 32.8 Å². The van der Waals surface area contributed by atoms with Crippen molar-refractivity contribution in [3.8, 4) is 0 Å². The van der Waals surface area contributed by atoms with Crippen LogP contribution in [0.4, 0.5) is 18.0 Å². The molecule has 1 saturated heterocycles. The molecule has 8 nitrogen and oxygen atoms in total. The van der Waals surface area contributed by atoms with Gasteiger partial charge in [-0.3, -0.25) is 9.69 Å². The fourth-order valence-corrected chi connectivity index (χ4v) is 2.51. The second kappa shape index (κ2) is 12.6. The molecule has 1 fully saturated rings. The first-order valence-electron chi connectivity index (χ1n) is 9.11. The second-order valence-corrected chi connectivity index (χ2v) is 6.25. The minimum atomic E-state index is -4.34. The van der Waals surface area contributed by atoms with E-state index in [9.17, 15) is 22.8 Å². The molecule has 1 aromatic rings. The molecule has 0 aliphatic carbocycles. The van der Waals surface area contributed by atoms with Gasteiger partial charge in [-0.2, -0.15) is 13.2 Å². The van der Waals surface area contributed by atoms with Gasteiger partial charge in [-0.05, 0) is 18.1 Å². The summed E-state index contributed by atoms with van der Waals surface area (Å²) in [4.78, 5) is 28.6. The summed E-state index contributed by atoms with van der Waals surface area (Å²) in [5.74, 6) is 0.259. The Hall–Kier alpha value is -2.09. The lowest BCUT2D eigenvalue weighted by Crippen LogP contribution is -2.43. The molecule has 12 heteroatoms. The number of carbonyl (C=O) groups is 2. The highest BCUT2D eigenvalue weighted by molar-refractivity contribution is 14.0. The van der Waals surface area contributed by atoms with Crippen LogP contribution in [-0.4, -0.2) is 61.8 Å². The molecule has 1 heterocycles. The van der Waals surface area contributed by atoms with E-state index >= 15 is 0 Å². The van der Waals surface area contributed by atoms with Gasteiger partial charge in [0.1, 0.15) is 6.61 Å². The largest absolute Gasteiger partial charge is 0.411 e. The molecule has 168 valence electrons. The summed E-state index contributed by atoms with van der Waals surface area (Å²) >= 11 is 0. The Morgan fingerprint density at radius 3 is 2.43 bits per heavy atom. The topological polar surface area (TPSA) is 95.1 Å². The average molecular weight is 543 g/mol. The SMILES string of the molecule is CCNC(=NCc1ccc(COCC(F)(F)F)cc1)NCCN1C(=O)CNC1=O.I. The Morgan fingerprint density at radius 1 is 1.20 bits per heavy atom. The number of amides is 3. The summed E-state index contributed by atoms with van der Waals surface area (Å²) in [5.41, 5.74) is 1.51. The lowest BCUT2D eigenvalue weighted by atomic mass is 10.1. The molecule has 0 bridgehead atoms. The maximum absolute atomic E-state index is 12.1. The van der Waals surface area contributed by atoms with Gasteiger partial charge in [-0.15, -0.1) is 24.0 Å². The van der Waals surface area contributed by atoms with Crippen molar-refractivity contribution in [3.05, 3.63) is 35.4 Å². The number of carbonyl (C=O) groups excluding carboxylic acids is 2. The fraction of sp³-hybridized carbons (Fsp3) is 0.500. The smallest absolute Gasteiger partial charge is 0.367 e. The number of aliphatic imine (C=N–C) groups is 1. The first-order valence-corrected chi connectivity index (χ1v) is 9.11. The number of nitrogens with one attached hydrogen (secondary N) is 3. The summed E-state index contributed by atoms with van der Waals surface area (Å²) in [6, 6.07) is 6.52. The van der Waals surface area contributed by atoms with Crippen molar-refractivity contribution in [1.82, 2.24) is 20.9 Å². The van der Waals surface area contributed by atoms with Crippen LogP contribution in [0.1, 0.15) is 18.1 Å². The van der Waals surface area contributed by atoms with Crippen molar-refractivity contribution in [3.63, 3.8) is 0 Å². The highest BCUT2D eigenvalue weighted by atomic mass is 127. The Bertz CT molecular complexity index is 713. The first kappa shape index (κ1) is 25.9. The van der Waals surface area contributed by atoms with Crippen LogP contribution in [0.3, 0.4) is 0 Å². The van der Waals surface area contributed by atoms with Crippen molar-refractivity contribution in [2.45, 2.75) is 26.3 Å². The maximum Gasteiger partial charge on any atom is 0.411 e. The number of urea groups is 1. The van der Waals surface area contributed by atoms with Crippen LogP contribution in [0.2, 0.25) is 0 Å². The van der Waals surface area contributed by atoms with Crippen LogP contribution >= 0.6 is 24.0 Å². The number of nitrogens with zero attached hydrogens (tertiary/aromatic N) is 2. The molecule has 0 spiro atoms. The molecule has 1 aliphatic rings. The molecule has 0 unspecified atom stereocenters. The third kappa shape index (κ3) is 9.15. The van der Waals surface area contributed by atoms with E-state index in [2.05, 4.69) is 25.7 Å². The number of hydrogen-bond acceptors (Lipinski definition) is 4. The van der Waals surface area contributed by atoms with E-state index in [-0.39, 0.29) is 49.6 Å². The Balaban J connectivity index is 0.00000450. The van der Waals surface area contributed by atoms with Gasteiger partial charge in [0.05, 0.1) is 19.7 Å². The molecule has 0 radical (unpaired) electrons. The summed E-state index contributed by atoms with van der Waals surface area (Å²) in [6.45, 7) is 2.08. The number of hydrogen-bond donors (Lipinski definition) is 3. The average Bonchev–Trinajstić information content (AvgIpc) is 2.98. The number of benzene rings is 1. The van der Waals surface area contributed by atoms with Crippen LogP contribution in [0.25, 0.3) is 0 Å². The second-order valence-electron chi connectivity index (χ2n) is 6.25. The van der Waals surface area contributed by atoms with E-state index < -0.39 is 18.8 Å². The highest BCUT2D eigenvalue weighted by Gasteiger charge is 2.28. The molecule has 3 amide bonds. The molecular formula is C18H25F3IN5O3. The summed E-state index contributed by atoms with van der Waals surface area (Å²) in [6.07, 6.45) is -4.34. The predicted octanol–water partition coefficient (Wildman–Crippen LogP) is 1.99. The molecule has 2 rings (SSSR count). The van der Waals surface area contributed by atoms with E-state index in [1.54, 1.807) is 24.3 Å². The third-order valence-electron chi connectivity index (χ3n) is 3.89. The Morgan fingerprint density at radius 2 is 1.87 bits per heavy atom. The van der Waals surface area contributed by atoms with Gasteiger partial charge in [-0.25, -0.2) is 9.79 Å². The molecule has 0 atom stereocenters. The van der Waals surface area contributed by atoms with Gasteiger partial charge in [-0.1, -0.05) is 24.3 Å². The van der Waals surface area contributed by atoms with E-state index in [4.69, 9.17) is 0 Å². The highest BCUT2D eigenvalue weighted by Crippen LogP contribution is 2.16. The van der Waals surface area contributed by atoms with E-state index in [0.717, 1.165) is 10.5 Å². The lowest BCUT2D eigenvalue weighted by Gasteiger charge is -2.15. The Labute approximate surface area is 189 Å². The quantitative estimate of drug-likeness (QED) is 0.192. The zero-order valence-electron chi connectivity index (χ0n) is 16.4. The first-order chi connectivity index (χ1) is 13.8. The van der Waals surface area contributed by atoms with Gasteiger partial charge in [0.25, 0.3) is 0 Å². The van der Waals surface area contributed by atoms with Crippen molar-refractivity contribution < 1.29 is 27.5 Å². The molecule has 3 N–H and O–H groups in total. The maximum atomic E-state index is 12.1. The summed E-state index contributed by atoms with van der Waals surface area (Å²) in [5, 5.41) is 8.57. The van der Waals surface area contributed by atoms with Crippen LogP contribution in [-0.2, 0) is 22.7 Å². The number of ether oxygens (including phenoxy) is 1. The lowest BCUT2D eigenvalue weighted by molar-refractivity contribution is -0.176. The summed E-state index contributed by atoms with van der Waals surface area (Å²) in [7, 11) is 0. The zero-order valence-corrected chi connectivity index (χ0v) is 18.8. The van der Waals surface area contributed by atoms with Crippen molar-refractivity contribution in [2.24, 2.45) is 4.99 Å². The Kier molecular flexibility index (Phi) is 10.9. The van der Waals surface area contributed by atoms with Crippen LogP contribution < -0.4 is 16.0 Å². The van der Waals surface area contributed by atoms with Crippen LogP contribution in [0, 0.1) is 0 Å². The van der Waals surface area contributed by atoms with Crippen molar-refractivity contribution in [1.29, 1.82) is 0 Å². The molecule has 30 heavy (non-hydrogen) atoms. The molecule has 0 aromatic heterocycles. The number of guanidine groups is 1. The van der Waals surface area contributed by atoms with Gasteiger partial charge < -0.3 is 20.7 Å². The van der Waals surface area contributed by atoms with Crippen LogP contribution in [0.5, 0.6) is 0 Å². The molecule has 1 aromatic carbocycles. The van der Waals surface area contributed by atoms with Crippen LogP contribution in [0.15, 0.2) is 29.3 Å². The third-order valence-corrected chi connectivity index (χ3v) is 3.89. The van der Waals surface area contributed by atoms with E-state index in [0.29, 0.717) is 31.2 Å². The minimum absolute atomic E-state index is 0. The number of imide groups is 1. The normalized spacial score (nSPS) is 14.4. The minimum Gasteiger partial charge on any atom is -0.367 e. The van der Waals surface area contributed by atoms with Gasteiger partial charge in [0.2, 0.25) is 5.91 Å². The standard InChI is InChI=1S/C18H24F3N5O3.HI/c1-2-22-16(23-7-8-26-15(27)10-25-17(26)28)24-9-13-3-5-14(6-4-13)11-29-12-18(19,20)21;/h3-6H,2,7-12H2,1H3,(H,25,28)(H2,22,23,24);1H. The van der Waals surface area contributed by atoms with Crippen molar-refractivity contribution >= 4 is 41.9 Å². The van der Waals surface area contributed by atoms with E-state index in [1.165, 1.54) is 0 Å². The molecule has 1 aliphatic heterocycles. The fourth-order valence-electron chi connectivity index (χ4n) is 2.51. The number of rotatable bonds is 9.